The predicted octanol–water partition coefficient (Wildman–Crippen LogP) is 1.51. The van der Waals surface area contributed by atoms with Crippen LogP contribution in [0.5, 0.6) is 0 Å². The Morgan fingerprint density at radius 3 is 2.25 bits per heavy atom. The molecule has 0 aliphatic rings. The van der Waals surface area contributed by atoms with Crippen molar-refractivity contribution < 1.29 is 19.2 Å². The highest BCUT2D eigenvalue weighted by Gasteiger charge is 2.29. The Kier molecular flexibility index (Phi) is 5.55. The summed E-state index contributed by atoms with van der Waals surface area (Å²) in [5.74, 6) is 0.252. The zero-order valence-electron chi connectivity index (χ0n) is 7.27. The highest BCUT2D eigenvalue weighted by Crippen LogP contribution is 2.51. The highest BCUT2D eigenvalue weighted by molar-refractivity contribution is 7.63. The molecule has 0 saturated heterocycles. The lowest BCUT2D eigenvalue weighted by molar-refractivity contribution is 0.358. The molecule has 0 amide bonds. The molecule has 0 fully saturated rings. The van der Waals surface area contributed by atoms with E-state index in [0.717, 1.165) is 6.42 Å². The van der Waals surface area contributed by atoms with Crippen LogP contribution in [0.1, 0.15) is 26.7 Å². The molecule has 0 heterocycles. The Morgan fingerprint density at radius 2 is 2.00 bits per heavy atom. The van der Waals surface area contributed by atoms with E-state index in [0.29, 0.717) is 6.42 Å². The fraction of sp³-hybridized carbons (Fsp3) is 1.00. The van der Waals surface area contributed by atoms with E-state index in [-0.39, 0.29) is 5.92 Å². The van der Waals surface area contributed by atoms with Gasteiger partial charge in [0.15, 0.2) is 0 Å². The molecule has 3 unspecified atom stereocenters. The molecular formula is C6H16O4P2. The molecule has 0 aromatic rings. The van der Waals surface area contributed by atoms with Gasteiger partial charge in [-0.3, -0.25) is 4.57 Å². The third kappa shape index (κ3) is 4.54. The molecular weight excluding hydrogens is 198 g/mol. The van der Waals surface area contributed by atoms with E-state index in [2.05, 4.69) is 0 Å². The van der Waals surface area contributed by atoms with Gasteiger partial charge in [0.1, 0.15) is 5.40 Å². The molecule has 0 spiro atoms. The van der Waals surface area contributed by atoms with Gasteiger partial charge in [0.2, 0.25) is 0 Å². The SMILES string of the molecule is CCC(C)CC(PO)P(=O)(O)O. The summed E-state index contributed by atoms with van der Waals surface area (Å²) < 4.78 is 10.8. The van der Waals surface area contributed by atoms with Gasteiger partial charge in [0.05, 0.1) is 0 Å². The second-order valence-corrected chi connectivity index (χ2v) is 6.23. The Hall–Kier alpha value is 0.540. The standard InChI is InChI=1S/C6H16O4P2/c1-3-5(2)4-6(11-7)12(8,9)10/h5-7,11H,3-4H2,1-2H3,(H2,8,9,10). The molecule has 0 aliphatic carbocycles. The predicted molar refractivity (Wildman–Crippen MR) is 50.4 cm³/mol. The first-order valence-corrected chi connectivity index (χ1v) is 6.57. The third-order valence-corrected chi connectivity index (χ3v) is 4.79. The van der Waals surface area contributed by atoms with E-state index in [4.69, 9.17) is 14.7 Å². The smallest absolute Gasteiger partial charge is 0.334 e. The van der Waals surface area contributed by atoms with Crippen molar-refractivity contribution >= 4 is 16.4 Å². The van der Waals surface area contributed by atoms with Crippen molar-refractivity contribution in [1.82, 2.24) is 0 Å². The number of hydrogen-bond acceptors (Lipinski definition) is 2. The van der Waals surface area contributed by atoms with Crippen molar-refractivity contribution in [1.29, 1.82) is 0 Å². The van der Waals surface area contributed by atoms with Crippen LogP contribution < -0.4 is 0 Å². The van der Waals surface area contributed by atoms with E-state index in [1.807, 2.05) is 13.8 Å². The zero-order valence-corrected chi connectivity index (χ0v) is 9.16. The summed E-state index contributed by atoms with van der Waals surface area (Å²) in [7, 11) is -4.75. The van der Waals surface area contributed by atoms with Gasteiger partial charge < -0.3 is 14.7 Å². The normalized spacial score (nSPS) is 18.4. The van der Waals surface area contributed by atoms with Crippen LogP contribution in [-0.2, 0) is 4.57 Å². The Labute approximate surface area is 74.4 Å². The van der Waals surface area contributed by atoms with E-state index in [9.17, 15) is 4.57 Å². The first kappa shape index (κ1) is 12.5. The van der Waals surface area contributed by atoms with Crippen LogP contribution in [0.2, 0.25) is 0 Å². The Bertz CT molecular complexity index is 167. The molecule has 3 N–H and O–H groups in total. The molecule has 0 bridgehead atoms. The maximum atomic E-state index is 10.8. The summed E-state index contributed by atoms with van der Waals surface area (Å²) in [6.45, 7) is 3.88. The maximum absolute atomic E-state index is 10.8. The second kappa shape index (κ2) is 5.31. The van der Waals surface area contributed by atoms with Gasteiger partial charge >= 0.3 is 7.60 Å². The van der Waals surface area contributed by atoms with Gasteiger partial charge in [-0.1, -0.05) is 20.3 Å². The van der Waals surface area contributed by atoms with Crippen LogP contribution in [-0.4, -0.2) is 20.1 Å². The van der Waals surface area contributed by atoms with Crippen molar-refractivity contribution in [3.63, 3.8) is 0 Å². The minimum Gasteiger partial charge on any atom is -0.376 e. The van der Waals surface area contributed by atoms with Crippen LogP contribution in [0.4, 0.5) is 0 Å². The van der Waals surface area contributed by atoms with Gasteiger partial charge in [0.25, 0.3) is 0 Å². The molecule has 0 saturated carbocycles. The monoisotopic (exact) mass is 214 g/mol. The van der Waals surface area contributed by atoms with Crippen LogP contribution in [0.25, 0.3) is 0 Å². The topological polar surface area (TPSA) is 77.8 Å². The van der Waals surface area contributed by atoms with Crippen molar-refractivity contribution in [3.8, 4) is 0 Å². The largest absolute Gasteiger partial charge is 0.376 e. The van der Waals surface area contributed by atoms with Crippen molar-refractivity contribution in [2.45, 2.75) is 32.1 Å². The first-order chi connectivity index (χ1) is 5.41. The number of hydrogen-bond donors (Lipinski definition) is 3. The minimum absolute atomic E-state index is 0.252. The third-order valence-electron chi connectivity index (χ3n) is 1.88. The average molecular weight is 214 g/mol. The molecule has 74 valence electrons. The summed E-state index contributed by atoms with van der Waals surface area (Å²) in [5, 5.41) is -0.854. The molecule has 4 nitrogen and oxygen atoms in total. The van der Waals surface area contributed by atoms with E-state index < -0.39 is 21.8 Å². The summed E-state index contributed by atoms with van der Waals surface area (Å²) in [6.07, 6.45) is 1.27. The minimum atomic E-state index is -4.08. The summed E-state index contributed by atoms with van der Waals surface area (Å²) in [6, 6.07) is 0. The fourth-order valence-electron chi connectivity index (χ4n) is 0.813. The number of rotatable bonds is 5. The van der Waals surface area contributed by atoms with E-state index in [1.165, 1.54) is 0 Å². The molecule has 3 atom stereocenters. The molecule has 0 aromatic carbocycles. The lowest BCUT2D eigenvalue weighted by Gasteiger charge is -2.18. The van der Waals surface area contributed by atoms with E-state index >= 15 is 0 Å². The average Bonchev–Trinajstić information content (AvgIpc) is 1.97. The molecule has 0 rings (SSSR count). The highest BCUT2D eigenvalue weighted by atomic mass is 31.2. The fourth-order valence-corrected chi connectivity index (χ4v) is 2.56. The molecule has 0 aromatic heterocycles. The van der Waals surface area contributed by atoms with Crippen LogP contribution in [0, 0.1) is 5.92 Å². The second-order valence-electron chi connectivity index (χ2n) is 2.98. The van der Waals surface area contributed by atoms with Gasteiger partial charge in [-0.15, -0.1) is 0 Å². The molecule has 0 aliphatic heterocycles. The summed E-state index contributed by atoms with van der Waals surface area (Å²) >= 11 is 0. The molecule has 0 radical (unpaired) electrons. The van der Waals surface area contributed by atoms with Gasteiger partial charge in [0, 0.05) is 8.81 Å². The van der Waals surface area contributed by atoms with Crippen molar-refractivity contribution in [2.75, 3.05) is 0 Å². The molecule has 6 heteroatoms. The Morgan fingerprint density at radius 1 is 1.50 bits per heavy atom. The summed E-state index contributed by atoms with van der Waals surface area (Å²) in [5.41, 5.74) is 0. The van der Waals surface area contributed by atoms with Gasteiger partial charge in [-0.2, -0.15) is 0 Å². The zero-order chi connectivity index (χ0) is 9.78. The van der Waals surface area contributed by atoms with Crippen molar-refractivity contribution in [3.05, 3.63) is 0 Å². The molecule has 12 heavy (non-hydrogen) atoms. The van der Waals surface area contributed by atoms with Crippen molar-refractivity contribution in [2.24, 2.45) is 5.92 Å². The first-order valence-electron chi connectivity index (χ1n) is 3.86. The Balaban J connectivity index is 4.10. The van der Waals surface area contributed by atoms with Gasteiger partial charge in [-0.05, 0) is 12.3 Å². The van der Waals surface area contributed by atoms with Crippen LogP contribution >= 0.6 is 16.4 Å². The summed E-state index contributed by atoms with van der Waals surface area (Å²) in [4.78, 5) is 26.3. The van der Waals surface area contributed by atoms with Gasteiger partial charge in [-0.25, -0.2) is 0 Å². The van der Waals surface area contributed by atoms with E-state index in [1.54, 1.807) is 0 Å². The van der Waals surface area contributed by atoms with Crippen LogP contribution in [0.15, 0.2) is 0 Å². The quantitative estimate of drug-likeness (QED) is 0.606. The lowest BCUT2D eigenvalue weighted by atomic mass is 10.1. The maximum Gasteiger partial charge on any atom is 0.334 e. The lowest BCUT2D eigenvalue weighted by Crippen LogP contribution is -2.07. The van der Waals surface area contributed by atoms with Crippen LogP contribution in [0.3, 0.4) is 0 Å².